The Kier molecular flexibility index (Phi) is 2.81. The number of para-hydroxylation sites is 2. The molecular formula is C18H15N. The number of rotatable bonds is 3. The van der Waals surface area contributed by atoms with Crippen molar-refractivity contribution in [2.75, 3.05) is 0 Å². The normalized spacial score (nSPS) is 11.4. The van der Waals surface area contributed by atoms with E-state index in [2.05, 4.69) is 66.3 Å². The summed E-state index contributed by atoms with van der Waals surface area (Å²) in [7, 11) is 0. The maximum absolute atomic E-state index is 4.16. The van der Waals surface area contributed by atoms with Crippen LogP contribution in [0.3, 0.4) is 0 Å². The highest BCUT2D eigenvalue weighted by Crippen LogP contribution is 2.31. The number of nitrogens with zero attached hydrogens (tertiary/aromatic N) is 1. The maximum atomic E-state index is 4.16. The molecule has 0 bridgehead atoms. The van der Waals surface area contributed by atoms with Crippen LogP contribution in [0.15, 0.2) is 79.9 Å². The van der Waals surface area contributed by atoms with Crippen LogP contribution >= 0.6 is 0 Å². The van der Waals surface area contributed by atoms with Crippen molar-refractivity contribution < 1.29 is 0 Å². The number of hydrogen-bond acceptors (Lipinski definition) is 0. The third-order valence-electron chi connectivity index (χ3n) is 3.29. The monoisotopic (exact) mass is 245 g/mol. The molecule has 0 saturated carbocycles. The van der Waals surface area contributed by atoms with Gasteiger partial charge in [-0.2, -0.15) is 0 Å². The van der Waals surface area contributed by atoms with Crippen LogP contribution in [-0.4, -0.2) is 4.57 Å². The number of aromatic nitrogens is 1. The molecule has 0 amide bonds. The molecule has 0 spiro atoms. The quantitative estimate of drug-likeness (QED) is 0.572. The Labute approximate surface area is 112 Å². The van der Waals surface area contributed by atoms with Gasteiger partial charge >= 0.3 is 0 Å². The molecule has 0 aliphatic carbocycles. The third-order valence-corrected chi connectivity index (χ3v) is 3.29. The highest BCUT2D eigenvalue weighted by molar-refractivity contribution is 6.10. The van der Waals surface area contributed by atoms with Crippen LogP contribution in [-0.2, 0) is 0 Å². The third kappa shape index (κ3) is 1.80. The Balaban J connectivity index is 2.40. The maximum Gasteiger partial charge on any atom is 0.0540 e. The Hall–Kier alpha value is -2.54. The molecule has 92 valence electrons. The second-order valence-electron chi connectivity index (χ2n) is 4.46. The summed E-state index contributed by atoms with van der Waals surface area (Å²) in [4.78, 5) is 0. The zero-order valence-electron chi connectivity index (χ0n) is 10.7. The molecule has 0 atom stereocenters. The summed E-state index contributed by atoms with van der Waals surface area (Å²) in [6.07, 6.45) is 5.65. The van der Waals surface area contributed by atoms with Gasteiger partial charge in [-0.1, -0.05) is 61.7 Å². The molecule has 0 aliphatic heterocycles. The van der Waals surface area contributed by atoms with E-state index >= 15 is 0 Å². The van der Waals surface area contributed by atoms with Crippen molar-refractivity contribution >= 4 is 27.5 Å². The van der Waals surface area contributed by atoms with Crippen LogP contribution < -0.4 is 0 Å². The molecule has 1 nitrogen and oxygen atoms in total. The summed E-state index contributed by atoms with van der Waals surface area (Å²) in [6, 6.07) is 16.8. The molecule has 1 heteroatoms. The Morgan fingerprint density at radius 2 is 1.42 bits per heavy atom. The van der Waals surface area contributed by atoms with Crippen LogP contribution in [0, 0.1) is 0 Å². The van der Waals surface area contributed by atoms with E-state index < -0.39 is 0 Å². The minimum absolute atomic E-state index is 0.942. The first-order chi connectivity index (χ1) is 9.33. The lowest BCUT2D eigenvalue weighted by atomic mass is 10.2. The van der Waals surface area contributed by atoms with Gasteiger partial charge in [0.05, 0.1) is 11.0 Å². The van der Waals surface area contributed by atoms with Crippen LogP contribution in [0.4, 0.5) is 0 Å². The van der Waals surface area contributed by atoms with Crippen molar-refractivity contribution in [1.29, 1.82) is 0 Å². The summed E-state index contributed by atoms with van der Waals surface area (Å²) in [6.45, 7) is 7.86. The van der Waals surface area contributed by atoms with Crippen molar-refractivity contribution in [1.82, 2.24) is 4.57 Å². The van der Waals surface area contributed by atoms with Gasteiger partial charge in [0.25, 0.3) is 0 Å². The molecular weight excluding hydrogens is 230 g/mol. The van der Waals surface area contributed by atoms with E-state index in [0.29, 0.717) is 0 Å². The molecule has 0 saturated heterocycles. The van der Waals surface area contributed by atoms with E-state index in [4.69, 9.17) is 0 Å². The first-order valence-corrected chi connectivity index (χ1v) is 6.29. The lowest BCUT2D eigenvalue weighted by Crippen LogP contribution is -1.92. The number of allylic oxidation sites excluding steroid dienone is 4. The van der Waals surface area contributed by atoms with E-state index in [0.717, 1.165) is 5.70 Å². The van der Waals surface area contributed by atoms with Crippen LogP contribution in [0.2, 0.25) is 0 Å². The van der Waals surface area contributed by atoms with E-state index in [1.54, 1.807) is 6.08 Å². The molecule has 3 aromatic rings. The second-order valence-corrected chi connectivity index (χ2v) is 4.46. The molecule has 0 unspecified atom stereocenters. The molecule has 3 rings (SSSR count). The molecule has 2 aromatic carbocycles. The van der Waals surface area contributed by atoms with Crippen LogP contribution in [0.5, 0.6) is 0 Å². The van der Waals surface area contributed by atoms with Crippen molar-refractivity contribution in [2.24, 2.45) is 0 Å². The summed E-state index contributed by atoms with van der Waals surface area (Å²) in [5.74, 6) is 0. The Morgan fingerprint density at radius 1 is 0.895 bits per heavy atom. The number of hydrogen-bond donors (Lipinski definition) is 0. The van der Waals surface area contributed by atoms with Crippen LogP contribution in [0.1, 0.15) is 0 Å². The Bertz CT molecular complexity index is 750. The summed E-state index contributed by atoms with van der Waals surface area (Å²) < 4.78 is 2.19. The molecule has 0 fully saturated rings. The highest BCUT2D eigenvalue weighted by atomic mass is 15.0. The largest absolute Gasteiger partial charge is 0.310 e. The zero-order valence-corrected chi connectivity index (χ0v) is 10.7. The van der Waals surface area contributed by atoms with E-state index in [-0.39, 0.29) is 0 Å². The first-order valence-electron chi connectivity index (χ1n) is 6.29. The fourth-order valence-electron chi connectivity index (χ4n) is 2.49. The highest BCUT2D eigenvalue weighted by Gasteiger charge is 2.09. The lowest BCUT2D eigenvalue weighted by molar-refractivity contribution is 1.24. The average molecular weight is 245 g/mol. The molecule has 0 radical (unpaired) electrons. The standard InChI is InChI=1S/C18H15N/c1-3-4-9-14(2)19-17-12-7-5-10-15(17)16-11-6-8-13-18(16)19/h3-13H,1-2H2/b9-4-. The SMILES string of the molecule is C=C/C=C\C(=C)n1c2ccccc2c2ccccc21. The van der Waals surface area contributed by atoms with Crippen molar-refractivity contribution in [3.05, 3.63) is 79.9 Å². The van der Waals surface area contributed by atoms with Gasteiger partial charge in [0.2, 0.25) is 0 Å². The molecule has 0 aliphatic rings. The van der Waals surface area contributed by atoms with Gasteiger partial charge in [-0.15, -0.1) is 0 Å². The Morgan fingerprint density at radius 3 is 1.95 bits per heavy atom. The zero-order chi connectivity index (χ0) is 13.2. The van der Waals surface area contributed by atoms with E-state index in [9.17, 15) is 0 Å². The van der Waals surface area contributed by atoms with Crippen molar-refractivity contribution in [3.63, 3.8) is 0 Å². The number of fused-ring (bicyclic) bond motifs is 3. The molecule has 1 heterocycles. The van der Waals surface area contributed by atoms with E-state index in [1.165, 1.54) is 21.8 Å². The minimum Gasteiger partial charge on any atom is -0.310 e. The van der Waals surface area contributed by atoms with Crippen LogP contribution in [0.25, 0.3) is 27.5 Å². The van der Waals surface area contributed by atoms with E-state index in [1.807, 2.05) is 12.2 Å². The fraction of sp³-hybridized carbons (Fsp3) is 0. The van der Waals surface area contributed by atoms with Gasteiger partial charge in [-0.05, 0) is 18.2 Å². The summed E-state index contributed by atoms with van der Waals surface area (Å²) >= 11 is 0. The summed E-state index contributed by atoms with van der Waals surface area (Å²) in [5, 5.41) is 2.51. The van der Waals surface area contributed by atoms with Gasteiger partial charge in [-0.3, -0.25) is 0 Å². The number of benzene rings is 2. The first kappa shape index (κ1) is 11.5. The second kappa shape index (κ2) is 4.62. The smallest absolute Gasteiger partial charge is 0.0540 e. The fourth-order valence-corrected chi connectivity index (χ4v) is 2.49. The molecule has 1 aromatic heterocycles. The predicted molar refractivity (Wildman–Crippen MR) is 84.1 cm³/mol. The molecule has 19 heavy (non-hydrogen) atoms. The minimum atomic E-state index is 0.942. The predicted octanol–water partition coefficient (Wildman–Crippen LogP) is 5.01. The topological polar surface area (TPSA) is 4.93 Å². The summed E-state index contributed by atoms with van der Waals surface area (Å²) in [5.41, 5.74) is 3.31. The lowest BCUT2D eigenvalue weighted by Gasteiger charge is -2.06. The average Bonchev–Trinajstić information content (AvgIpc) is 2.79. The van der Waals surface area contributed by atoms with Crippen molar-refractivity contribution in [2.45, 2.75) is 0 Å². The van der Waals surface area contributed by atoms with Gasteiger partial charge in [0.15, 0.2) is 0 Å². The van der Waals surface area contributed by atoms with Gasteiger partial charge < -0.3 is 4.57 Å². The van der Waals surface area contributed by atoms with Gasteiger partial charge in [-0.25, -0.2) is 0 Å². The van der Waals surface area contributed by atoms with Gasteiger partial charge in [0.1, 0.15) is 0 Å². The van der Waals surface area contributed by atoms with Crippen molar-refractivity contribution in [3.8, 4) is 0 Å². The molecule has 0 N–H and O–H groups in total. The van der Waals surface area contributed by atoms with Gasteiger partial charge in [0, 0.05) is 16.5 Å².